The molecule has 1 aromatic carbocycles. The standard InChI is InChI=1S/C22H26ClN3OS3/c1-13(22-9-14-6-15(10-22)8-16(7-14)11-22)24-19(27)12-29-20-25-26(21(28)30-20)18-4-2-17(23)3-5-18/h2-5,13-16H,6-12H2,1H3,(H,24,27)/t13-,14?,15?,16?,22?/m0/s1. The molecule has 0 unspecified atom stereocenters. The first kappa shape index (κ1) is 21.0. The molecule has 30 heavy (non-hydrogen) atoms. The molecular formula is C22H26ClN3OS3. The number of halogens is 1. The highest BCUT2D eigenvalue weighted by Crippen LogP contribution is 2.61. The summed E-state index contributed by atoms with van der Waals surface area (Å²) in [4.78, 5) is 12.7. The molecule has 1 atom stereocenters. The molecule has 4 aliphatic rings. The molecule has 1 N–H and O–H groups in total. The Hall–Kier alpha value is -0.890. The molecule has 0 radical (unpaired) electrons. The first-order chi connectivity index (χ1) is 14.4. The first-order valence-corrected chi connectivity index (χ1v) is 13.3. The van der Waals surface area contributed by atoms with E-state index in [1.807, 2.05) is 24.3 Å². The smallest absolute Gasteiger partial charge is 0.230 e. The van der Waals surface area contributed by atoms with Crippen LogP contribution in [0.3, 0.4) is 0 Å². The molecule has 160 valence electrons. The summed E-state index contributed by atoms with van der Waals surface area (Å²) in [6.07, 6.45) is 8.20. The van der Waals surface area contributed by atoms with Crippen molar-refractivity contribution in [1.29, 1.82) is 0 Å². The van der Waals surface area contributed by atoms with E-state index in [-0.39, 0.29) is 11.9 Å². The van der Waals surface area contributed by atoms with Crippen molar-refractivity contribution in [3.8, 4) is 5.69 Å². The third-order valence-corrected chi connectivity index (χ3v) is 9.93. The fourth-order valence-corrected chi connectivity index (χ4v) is 8.63. The largest absolute Gasteiger partial charge is 0.352 e. The van der Waals surface area contributed by atoms with Gasteiger partial charge in [0.05, 0.1) is 11.4 Å². The Morgan fingerprint density at radius 2 is 1.87 bits per heavy atom. The fourth-order valence-electron chi connectivity index (χ4n) is 6.34. The Morgan fingerprint density at radius 3 is 2.47 bits per heavy atom. The van der Waals surface area contributed by atoms with Gasteiger partial charge in [-0.05, 0) is 105 Å². The summed E-state index contributed by atoms with van der Waals surface area (Å²) >= 11 is 14.3. The molecule has 0 saturated heterocycles. The zero-order valence-corrected chi connectivity index (χ0v) is 20.2. The zero-order valence-electron chi connectivity index (χ0n) is 17.0. The van der Waals surface area contributed by atoms with E-state index in [4.69, 9.17) is 23.8 Å². The second kappa shape index (κ2) is 8.23. The summed E-state index contributed by atoms with van der Waals surface area (Å²) < 4.78 is 3.21. The van der Waals surface area contributed by atoms with Gasteiger partial charge in [-0.3, -0.25) is 4.79 Å². The number of carbonyl (C=O) groups excluding carboxylic acids is 1. The summed E-state index contributed by atoms with van der Waals surface area (Å²) in [6, 6.07) is 7.69. The predicted molar refractivity (Wildman–Crippen MR) is 126 cm³/mol. The summed E-state index contributed by atoms with van der Waals surface area (Å²) in [5.41, 5.74) is 1.22. The number of amides is 1. The number of hydrogen-bond acceptors (Lipinski definition) is 5. The third kappa shape index (κ3) is 4.10. The van der Waals surface area contributed by atoms with Crippen LogP contribution in [0.25, 0.3) is 5.69 Å². The summed E-state index contributed by atoms with van der Waals surface area (Å²) in [6.45, 7) is 2.23. The number of rotatable bonds is 6. The minimum absolute atomic E-state index is 0.0995. The molecule has 6 rings (SSSR count). The van der Waals surface area contributed by atoms with Crippen LogP contribution in [-0.2, 0) is 4.79 Å². The lowest BCUT2D eigenvalue weighted by Gasteiger charge is -2.59. The minimum atomic E-state index is 0.0995. The lowest BCUT2D eigenvalue weighted by molar-refractivity contribution is -0.123. The Kier molecular flexibility index (Phi) is 5.75. The van der Waals surface area contributed by atoms with E-state index >= 15 is 0 Å². The minimum Gasteiger partial charge on any atom is -0.352 e. The van der Waals surface area contributed by atoms with Gasteiger partial charge >= 0.3 is 0 Å². The Morgan fingerprint density at radius 1 is 1.27 bits per heavy atom. The predicted octanol–water partition coefficient (Wildman–Crippen LogP) is 6.13. The maximum absolute atomic E-state index is 12.7. The van der Waals surface area contributed by atoms with Crippen LogP contribution in [0.4, 0.5) is 0 Å². The number of thioether (sulfide) groups is 1. The maximum Gasteiger partial charge on any atom is 0.230 e. The lowest BCUT2D eigenvalue weighted by atomic mass is 9.48. The van der Waals surface area contributed by atoms with Gasteiger partial charge in [-0.15, -0.1) is 5.10 Å². The van der Waals surface area contributed by atoms with Gasteiger partial charge < -0.3 is 5.32 Å². The SMILES string of the molecule is C[C@H](NC(=O)CSc1nn(-c2ccc(Cl)cc2)c(=S)s1)C12CC3CC(CC(C3)C1)C2. The molecule has 4 nitrogen and oxygen atoms in total. The number of nitrogens with one attached hydrogen (secondary N) is 1. The Balaban J connectivity index is 1.19. The van der Waals surface area contributed by atoms with Gasteiger partial charge in [0.2, 0.25) is 5.91 Å². The topological polar surface area (TPSA) is 46.9 Å². The molecule has 1 aromatic heterocycles. The highest BCUT2D eigenvalue weighted by atomic mass is 35.5. The van der Waals surface area contributed by atoms with E-state index in [0.29, 0.717) is 20.1 Å². The highest BCUT2D eigenvalue weighted by molar-refractivity contribution is 8.01. The van der Waals surface area contributed by atoms with Crippen molar-refractivity contribution in [2.24, 2.45) is 23.2 Å². The summed E-state index contributed by atoms with van der Waals surface area (Å²) in [7, 11) is 0. The first-order valence-electron chi connectivity index (χ1n) is 10.7. The van der Waals surface area contributed by atoms with Gasteiger partial charge in [0, 0.05) is 11.1 Å². The second-order valence-corrected chi connectivity index (χ2v) is 12.7. The molecule has 8 heteroatoms. The van der Waals surface area contributed by atoms with Crippen LogP contribution in [0.1, 0.15) is 45.4 Å². The highest BCUT2D eigenvalue weighted by Gasteiger charge is 2.53. The molecule has 4 aliphatic carbocycles. The van der Waals surface area contributed by atoms with Crippen molar-refractivity contribution >= 4 is 52.8 Å². The summed E-state index contributed by atoms with van der Waals surface area (Å²) in [5, 5.41) is 8.60. The second-order valence-electron chi connectivity index (χ2n) is 9.38. The molecule has 4 fully saturated rings. The fraction of sp³-hybridized carbons (Fsp3) is 0.591. The van der Waals surface area contributed by atoms with Crippen molar-refractivity contribution in [2.75, 3.05) is 5.75 Å². The van der Waals surface area contributed by atoms with Crippen LogP contribution in [0.5, 0.6) is 0 Å². The molecular weight excluding hydrogens is 454 g/mol. The van der Waals surface area contributed by atoms with E-state index < -0.39 is 0 Å². The van der Waals surface area contributed by atoms with E-state index in [1.54, 1.807) is 4.68 Å². The molecule has 0 spiro atoms. The van der Waals surface area contributed by atoms with Crippen molar-refractivity contribution in [3.05, 3.63) is 33.2 Å². The number of benzene rings is 1. The van der Waals surface area contributed by atoms with E-state index in [1.165, 1.54) is 61.6 Å². The van der Waals surface area contributed by atoms with E-state index in [2.05, 4.69) is 17.3 Å². The summed E-state index contributed by atoms with van der Waals surface area (Å²) in [5.74, 6) is 3.17. The van der Waals surface area contributed by atoms with Gasteiger partial charge in [0.15, 0.2) is 8.29 Å². The zero-order chi connectivity index (χ0) is 20.9. The molecule has 1 amide bonds. The van der Waals surface area contributed by atoms with Crippen molar-refractivity contribution < 1.29 is 4.79 Å². The monoisotopic (exact) mass is 479 g/mol. The van der Waals surface area contributed by atoms with Gasteiger partial charge in [0.25, 0.3) is 0 Å². The van der Waals surface area contributed by atoms with Gasteiger partial charge in [-0.25, -0.2) is 4.68 Å². The van der Waals surface area contributed by atoms with Crippen LogP contribution in [0.15, 0.2) is 28.6 Å². The van der Waals surface area contributed by atoms with Gasteiger partial charge in [-0.1, -0.05) is 34.7 Å². The van der Waals surface area contributed by atoms with Crippen LogP contribution >= 0.6 is 46.9 Å². The van der Waals surface area contributed by atoms with Crippen LogP contribution in [0.2, 0.25) is 5.02 Å². The maximum atomic E-state index is 12.7. The molecule has 4 bridgehead atoms. The Labute approximate surface area is 195 Å². The van der Waals surface area contributed by atoms with Crippen LogP contribution in [0, 0.1) is 27.1 Å². The average Bonchev–Trinajstić information content (AvgIpc) is 3.06. The van der Waals surface area contributed by atoms with E-state index in [9.17, 15) is 4.79 Å². The number of carbonyl (C=O) groups is 1. The van der Waals surface area contributed by atoms with Crippen LogP contribution < -0.4 is 5.32 Å². The van der Waals surface area contributed by atoms with Gasteiger partial charge in [0.1, 0.15) is 0 Å². The third-order valence-electron chi connectivity index (χ3n) is 7.31. The number of aromatic nitrogens is 2. The Bertz CT molecular complexity index is 965. The van der Waals surface area contributed by atoms with Crippen LogP contribution in [-0.4, -0.2) is 27.5 Å². The van der Waals surface area contributed by atoms with Crippen molar-refractivity contribution in [2.45, 2.75) is 55.8 Å². The molecule has 2 aromatic rings. The van der Waals surface area contributed by atoms with Crippen molar-refractivity contribution in [3.63, 3.8) is 0 Å². The van der Waals surface area contributed by atoms with Crippen molar-refractivity contribution in [1.82, 2.24) is 15.1 Å². The number of hydrogen-bond donors (Lipinski definition) is 1. The average molecular weight is 480 g/mol. The quantitative estimate of drug-likeness (QED) is 0.400. The lowest BCUT2D eigenvalue weighted by Crippen LogP contribution is -2.56. The molecule has 1 heterocycles. The normalized spacial score (nSPS) is 30.4. The van der Waals surface area contributed by atoms with Gasteiger partial charge in [-0.2, -0.15) is 0 Å². The molecule has 4 saturated carbocycles. The van der Waals surface area contributed by atoms with E-state index in [0.717, 1.165) is 27.8 Å². The molecule has 0 aliphatic heterocycles. The number of nitrogens with zero attached hydrogens (tertiary/aromatic N) is 2.